The lowest BCUT2D eigenvalue weighted by molar-refractivity contribution is -0.149. The number of anilines is 1. The van der Waals surface area contributed by atoms with Gasteiger partial charge in [0.2, 0.25) is 0 Å². The number of ether oxygens (including phenoxy) is 2. The summed E-state index contributed by atoms with van der Waals surface area (Å²) in [6, 6.07) is 14.7. The molecule has 2 aromatic rings. The minimum Gasteiger partial charge on any atom is -0.466 e. The first-order valence-corrected chi connectivity index (χ1v) is 8.97. The molecule has 1 aliphatic rings. The summed E-state index contributed by atoms with van der Waals surface area (Å²) < 4.78 is 10.1. The van der Waals surface area contributed by atoms with Gasteiger partial charge in [0.1, 0.15) is 0 Å². The number of benzene rings is 2. The Kier molecular flexibility index (Phi) is 5.51. The van der Waals surface area contributed by atoms with Crippen molar-refractivity contribution in [1.82, 2.24) is 0 Å². The summed E-state index contributed by atoms with van der Waals surface area (Å²) >= 11 is 6.15. The zero-order valence-electron chi connectivity index (χ0n) is 15.1. The Morgan fingerprint density at radius 2 is 1.96 bits per heavy atom. The highest BCUT2D eigenvalue weighted by atomic mass is 35.5. The number of hydrogen-bond donors (Lipinski definition) is 1. The average Bonchev–Trinajstić information content (AvgIpc) is 3.01. The molecule has 0 aromatic heterocycles. The van der Waals surface area contributed by atoms with Crippen molar-refractivity contribution in [2.45, 2.75) is 18.4 Å². The first-order valence-electron chi connectivity index (χ1n) is 8.59. The van der Waals surface area contributed by atoms with E-state index in [-0.39, 0.29) is 6.61 Å². The third kappa shape index (κ3) is 3.43. The molecule has 0 fully saturated rings. The van der Waals surface area contributed by atoms with Gasteiger partial charge in [-0.15, -0.1) is 0 Å². The predicted molar refractivity (Wildman–Crippen MR) is 104 cm³/mol. The minimum absolute atomic E-state index is 0.236. The monoisotopic (exact) mass is 385 g/mol. The molecule has 0 radical (unpaired) electrons. The summed E-state index contributed by atoms with van der Waals surface area (Å²) in [5.41, 5.74) is 1.08. The topological polar surface area (TPSA) is 64.6 Å². The van der Waals surface area contributed by atoms with Gasteiger partial charge in [-0.3, -0.25) is 0 Å². The number of halogens is 1. The van der Waals surface area contributed by atoms with Crippen LogP contribution in [-0.2, 0) is 24.6 Å². The van der Waals surface area contributed by atoms with Crippen LogP contribution in [0.25, 0.3) is 0 Å². The van der Waals surface area contributed by atoms with Crippen molar-refractivity contribution in [3.8, 4) is 0 Å². The summed E-state index contributed by atoms with van der Waals surface area (Å²) in [7, 11) is 1.31. The van der Waals surface area contributed by atoms with Gasteiger partial charge in [-0.1, -0.05) is 54.1 Å². The third-order valence-electron chi connectivity index (χ3n) is 4.60. The molecular weight excluding hydrogens is 366 g/mol. The molecule has 0 bridgehead atoms. The molecule has 1 N–H and O–H groups in total. The van der Waals surface area contributed by atoms with Crippen LogP contribution in [0.3, 0.4) is 0 Å². The van der Waals surface area contributed by atoms with Crippen molar-refractivity contribution in [2.24, 2.45) is 0 Å². The van der Waals surface area contributed by atoms with E-state index in [0.717, 1.165) is 16.8 Å². The lowest BCUT2D eigenvalue weighted by Gasteiger charge is -2.33. The zero-order chi connectivity index (χ0) is 19.4. The molecule has 3 rings (SSSR count). The number of nitrogens with one attached hydrogen (secondary N) is 1. The number of methoxy groups -OCH3 is 1. The quantitative estimate of drug-likeness (QED) is 0.621. The van der Waals surface area contributed by atoms with Gasteiger partial charge < -0.3 is 14.8 Å². The summed E-state index contributed by atoms with van der Waals surface area (Å²) in [6.45, 7) is 1.99. The molecule has 140 valence electrons. The fourth-order valence-electron chi connectivity index (χ4n) is 3.42. The largest absolute Gasteiger partial charge is 0.466 e. The highest BCUT2D eigenvalue weighted by molar-refractivity contribution is 6.31. The molecule has 0 aliphatic carbocycles. The van der Waals surface area contributed by atoms with Crippen LogP contribution >= 0.6 is 11.6 Å². The van der Waals surface area contributed by atoms with E-state index in [1.807, 2.05) is 36.4 Å². The maximum atomic E-state index is 13.2. The van der Waals surface area contributed by atoms with Gasteiger partial charge in [0.15, 0.2) is 5.54 Å². The van der Waals surface area contributed by atoms with Crippen molar-refractivity contribution in [3.63, 3.8) is 0 Å². The van der Waals surface area contributed by atoms with E-state index in [4.69, 9.17) is 21.1 Å². The molecule has 5 nitrogen and oxygen atoms in total. The van der Waals surface area contributed by atoms with Crippen LogP contribution in [0.2, 0.25) is 5.02 Å². The SMILES string of the molecule is CCOC(=O)C1(c2ccccc2)Nc2cc(Cl)ccc2C1/C=C\C(=O)OC. The minimum atomic E-state index is -1.21. The molecule has 0 amide bonds. The van der Waals surface area contributed by atoms with E-state index in [2.05, 4.69) is 5.32 Å². The van der Waals surface area contributed by atoms with Crippen LogP contribution in [0, 0.1) is 0 Å². The van der Waals surface area contributed by atoms with Crippen LogP contribution in [0.5, 0.6) is 0 Å². The van der Waals surface area contributed by atoms with Crippen LogP contribution < -0.4 is 5.32 Å². The number of carbonyl (C=O) groups is 2. The normalized spacial score (nSPS) is 20.8. The molecule has 27 heavy (non-hydrogen) atoms. The summed E-state index contributed by atoms with van der Waals surface area (Å²) in [6.07, 6.45) is 3.00. The summed E-state index contributed by atoms with van der Waals surface area (Å²) in [5, 5.41) is 3.87. The Labute approximate surface area is 162 Å². The number of rotatable bonds is 5. The van der Waals surface area contributed by atoms with Gasteiger partial charge in [0.05, 0.1) is 13.7 Å². The lowest BCUT2D eigenvalue weighted by atomic mass is 9.77. The highest BCUT2D eigenvalue weighted by Crippen LogP contribution is 2.50. The van der Waals surface area contributed by atoms with E-state index in [9.17, 15) is 9.59 Å². The molecule has 1 aliphatic heterocycles. The van der Waals surface area contributed by atoms with Crippen molar-refractivity contribution in [3.05, 3.63) is 76.8 Å². The summed E-state index contributed by atoms with van der Waals surface area (Å²) in [4.78, 5) is 24.9. The Morgan fingerprint density at radius 3 is 2.63 bits per heavy atom. The fourth-order valence-corrected chi connectivity index (χ4v) is 3.59. The van der Waals surface area contributed by atoms with Gasteiger partial charge in [0, 0.05) is 22.7 Å². The van der Waals surface area contributed by atoms with E-state index in [1.54, 1.807) is 25.1 Å². The van der Waals surface area contributed by atoms with Crippen LogP contribution in [0.1, 0.15) is 24.0 Å². The second-order valence-corrected chi connectivity index (χ2v) is 6.55. The number of carbonyl (C=O) groups excluding carboxylic acids is 2. The average molecular weight is 386 g/mol. The molecule has 0 spiro atoms. The highest BCUT2D eigenvalue weighted by Gasteiger charge is 2.53. The lowest BCUT2D eigenvalue weighted by Crippen LogP contribution is -2.45. The number of fused-ring (bicyclic) bond motifs is 1. The van der Waals surface area contributed by atoms with Gasteiger partial charge >= 0.3 is 11.9 Å². The van der Waals surface area contributed by atoms with E-state index in [1.165, 1.54) is 13.2 Å². The third-order valence-corrected chi connectivity index (χ3v) is 4.84. The second-order valence-electron chi connectivity index (χ2n) is 6.11. The molecule has 2 unspecified atom stereocenters. The molecule has 2 atom stereocenters. The van der Waals surface area contributed by atoms with Crippen LogP contribution in [-0.4, -0.2) is 25.7 Å². The second kappa shape index (κ2) is 7.84. The van der Waals surface area contributed by atoms with E-state index >= 15 is 0 Å². The smallest absolute Gasteiger partial charge is 0.337 e. The molecule has 1 heterocycles. The van der Waals surface area contributed by atoms with Crippen LogP contribution in [0.15, 0.2) is 60.7 Å². The van der Waals surface area contributed by atoms with Crippen molar-refractivity contribution >= 4 is 29.2 Å². The fraction of sp³-hybridized carbons (Fsp3) is 0.238. The molecule has 0 saturated heterocycles. The predicted octanol–water partition coefficient (Wildman–Crippen LogP) is 4.04. The van der Waals surface area contributed by atoms with E-state index in [0.29, 0.717) is 5.02 Å². The van der Waals surface area contributed by atoms with Crippen molar-refractivity contribution in [2.75, 3.05) is 19.0 Å². The van der Waals surface area contributed by atoms with Crippen molar-refractivity contribution < 1.29 is 19.1 Å². The number of esters is 2. The van der Waals surface area contributed by atoms with E-state index < -0.39 is 23.4 Å². The standard InChI is InChI=1S/C21H20ClNO4/c1-3-27-20(25)21(14-7-5-4-6-8-14)17(11-12-19(24)26-2)16-10-9-15(22)13-18(16)23-21/h4-13,17,23H,3H2,1-2H3/b12-11-. The van der Waals surface area contributed by atoms with Crippen molar-refractivity contribution in [1.29, 1.82) is 0 Å². The first kappa shape index (κ1) is 19.0. The Bertz CT molecular complexity index is 881. The van der Waals surface area contributed by atoms with Gasteiger partial charge in [-0.05, 0) is 30.2 Å². The van der Waals surface area contributed by atoms with Gasteiger partial charge in [-0.2, -0.15) is 0 Å². The Balaban J connectivity index is 2.21. The van der Waals surface area contributed by atoms with Gasteiger partial charge in [0.25, 0.3) is 0 Å². The molecular formula is C21H20ClNO4. The maximum absolute atomic E-state index is 13.2. The zero-order valence-corrected chi connectivity index (χ0v) is 15.8. The Morgan fingerprint density at radius 1 is 1.22 bits per heavy atom. The summed E-state index contributed by atoms with van der Waals surface area (Å²) in [5.74, 6) is -1.41. The maximum Gasteiger partial charge on any atom is 0.337 e. The first-order chi connectivity index (χ1) is 13.0. The Hall–Kier alpha value is -2.79. The molecule has 0 saturated carbocycles. The van der Waals surface area contributed by atoms with Crippen LogP contribution in [0.4, 0.5) is 5.69 Å². The number of hydrogen-bond acceptors (Lipinski definition) is 5. The molecule has 2 aromatic carbocycles. The van der Waals surface area contributed by atoms with Gasteiger partial charge in [-0.25, -0.2) is 9.59 Å². The molecule has 6 heteroatoms.